The summed E-state index contributed by atoms with van der Waals surface area (Å²) in [6.07, 6.45) is 4.92. The molecule has 4 rings (SSSR count). The molecule has 0 aromatic carbocycles. The van der Waals surface area contributed by atoms with E-state index < -0.39 is 0 Å². The van der Waals surface area contributed by atoms with Gasteiger partial charge in [-0.25, -0.2) is 0 Å². The van der Waals surface area contributed by atoms with E-state index in [0.717, 1.165) is 18.3 Å². The number of carbonyl (C=O) groups excluding carboxylic acids is 1. The van der Waals surface area contributed by atoms with Gasteiger partial charge in [0.05, 0.1) is 18.1 Å². The van der Waals surface area contributed by atoms with Crippen LogP contribution in [-0.4, -0.2) is 24.3 Å². The molecule has 0 N–H and O–H groups in total. The van der Waals surface area contributed by atoms with Crippen LogP contribution < -0.4 is 0 Å². The Bertz CT molecular complexity index is 405. The van der Waals surface area contributed by atoms with Crippen LogP contribution in [0.5, 0.6) is 0 Å². The molecule has 3 nitrogen and oxygen atoms in total. The van der Waals surface area contributed by atoms with Crippen molar-refractivity contribution in [3.63, 3.8) is 0 Å². The maximum absolute atomic E-state index is 12.1. The molecule has 1 aliphatic heterocycles. The molecule has 0 amide bonds. The summed E-state index contributed by atoms with van der Waals surface area (Å²) >= 11 is 0. The van der Waals surface area contributed by atoms with E-state index in [1.165, 1.54) is 12.8 Å². The van der Waals surface area contributed by atoms with Gasteiger partial charge in [-0.1, -0.05) is 20.8 Å². The van der Waals surface area contributed by atoms with Crippen molar-refractivity contribution in [2.45, 2.75) is 58.3 Å². The van der Waals surface area contributed by atoms with Crippen LogP contribution in [0.15, 0.2) is 0 Å². The zero-order valence-corrected chi connectivity index (χ0v) is 12.0. The monoisotopic (exact) mass is 264 g/mol. The summed E-state index contributed by atoms with van der Waals surface area (Å²) in [7, 11) is 0. The fourth-order valence-electron chi connectivity index (χ4n) is 4.91. The van der Waals surface area contributed by atoms with E-state index in [9.17, 15) is 4.79 Å². The van der Waals surface area contributed by atoms with E-state index in [4.69, 9.17) is 9.47 Å². The molecule has 8 atom stereocenters. The molecule has 1 saturated heterocycles. The molecule has 19 heavy (non-hydrogen) atoms. The van der Waals surface area contributed by atoms with Gasteiger partial charge < -0.3 is 9.47 Å². The van der Waals surface area contributed by atoms with Gasteiger partial charge in [-0.15, -0.1) is 0 Å². The fourth-order valence-corrected chi connectivity index (χ4v) is 4.91. The predicted molar refractivity (Wildman–Crippen MR) is 70.4 cm³/mol. The number of esters is 1. The molecule has 106 valence electrons. The van der Waals surface area contributed by atoms with E-state index in [2.05, 4.69) is 13.8 Å². The molecule has 0 aromatic rings. The van der Waals surface area contributed by atoms with Crippen LogP contribution in [0.3, 0.4) is 0 Å². The summed E-state index contributed by atoms with van der Waals surface area (Å²) in [4.78, 5) is 12.1. The first-order valence-electron chi connectivity index (χ1n) is 7.92. The normalized spacial score (nSPS) is 51.1. The van der Waals surface area contributed by atoms with Crippen molar-refractivity contribution in [3.05, 3.63) is 0 Å². The van der Waals surface area contributed by atoms with Crippen LogP contribution in [0.1, 0.15) is 40.0 Å². The van der Waals surface area contributed by atoms with E-state index in [-0.39, 0.29) is 18.0 Å². The maximum atomic E-state index is 12.1. The van der Waals surface area contributed by atoms with E-state index in [0.29, 0.717) is 30.0 Å². The lowest BCUT2D eigenvalue weighted by atomic mass is 9.79. The van der Waals surface area contributed by atoms with Gasteiger partial charge in [-0.2, -0.15) is 0 Å². The lowest BCUT2D eigenvalue weighted by Gasteiger charge is -2.33. The Kier molecular flexibility index (Phi) is 2.55. The highest BCUT2D eigenvalue weighted by molar-refractivity contribution is 5.72. The minimum Gasteiger partial charge on any atom is -0.462 e. The van der Waals surface area contributed by atoms with Gasteiger partial charge in [0.1, 0.15) is 6.10 Å². The molecule has 8 unspecified atom stereocenters. The first-order valence-corrected chi connectivity index (χ1v) is 7.92. The van der Waals surface area contributed by atoms with E-state index in [1.807, 2.05) is 6.92 Å². The Balaban J connectivity index is 1.43. The van der Waals surface area contributed by atoms with Gasteiger partial charge in [-0.05, 0) is 42.9 Å². The number of carbonyl (C=O) groups is 1. The first-order chi connectivity index (χ1) is 9.06. The quantitative estimate of drug-likeness (QED) is 0.581. The Labute approximate surface area is 115 Å². The molecule has 0 spiro atoms. The van der Waals surface area contributed by atoms with Gasteiger partial charge in [0.25, 0.3) is 0 Å². The molecule has 4 fully saturated rings. The predicted octanol–water partition coefficient (Wildman–Crippen LogP) is 2.63. The van der Waals surface area contributed by atoms with Crippen molar-refractivity contribution in [1.29, 1.82) is 0 Å². The fraction of sp³-hybridized carbons (Fsp3) is 0.938. The summed E-state index contributed by atoms with van der Waals surface area (Å²) in [6, 6.07) is 0. The number of rotatable bonds is 3. The second-order valence-corrected chi connectivity index (χ2v) is 7.52. The third-order valence-corrected chi connectivity index (χ3v) is 6.33. The highest BCUT2D eigenvalue weighted by atomic mass is 16.6. The third kappa shape index (κ3) is 1.70. The van der Waals surface area contributed by atoms with Crippen LogP contribution in [0.4, 0.5) is 0 Å². The van der Waals surface area contributed by atoms with Crippen LogP contribution in [0.25, 0.3) is 0 Å². The number of hydrogen-bond donors (Lipinski definition) is 0. The van der Waals surface area contributed by atoms with Crippen LogP contribution >= 0.6 is 0 Å². The van der Waals surface area contributed by atoms with Gasteiger partial charge in [0.2, 0.25) is 0 Å². The zero-order valence-electron chi connectivity index (χ0n) is 12.0. The zero-order chi connectivity index (χ0) is 13.3. The molecule has 1 heterocycles. The van der Waals surface area contributed by atoms with Gasteiger partial charge in [0, 0.05) is 5.92 Å². The largest absolute Gasteiger partial charge is 0.462 e. The summed E-state index contributed by atoms with van der Waals surface area (Å²) in [5, 5.41) is 0. The van der Waals surface area contributed by atoms with Gasteiger partial charge in [0.15, 0.2) is 0 Å². The maximum Gasteiger partial charge on any atom is 0.309 e. The van der Waals surface area contributed by atoms with E-state index in [1.54, 1.807) is 0 Å². The molecule has 2 bridgehead atoms. The van der Waals surface area contributed by atoms with Crippen molar-refractivity contribution in [2.75, 3.05) is 0 Å². The van der Waals surface area contributed by atoms with Crippen LogP contribution in [-0.2, 0) is 14.3 Å². The first kappa shape index (κ1) is 12.2. The second-order valence-electron chi connectivity index (χ2n) is 7.52. The second kappa shape index (κ2) is 3.97. The highest BCUT2D eigenvalue weighted by Crippen LogP contribution is 2.64. The smallest absolute Gasteiger partial charge is 0.309 e. The molecule has 3 aliphatic carbocycles. The molecule has 0 aromatic heterocycles. The van der Waals surface area contributed by atoms with Crippen molar-refractivity contribution in [3.8, 4) is 0 Å². The number of hydrogen-bond acceptors (Lipinski definition) is 3. The lowest BCUT2D eigenvalue weighted by Crippen LogP contribution is -2.36. The average molecular weight is 264 g/mol. The minimum absolute atomic E-state index is 0.00959. The minimum atomic E-state index is 0.00959. The summed E-state index contributed by atoms with van der Waals surface area (Å²) in [5.74, 6) is 3.37. The molecule has 3 heteroatoms. The van der Waals surface area contributed by atoms with E-state index >= 15 is 0 Å². The van der Waals surface area contributed by atoms with Crippen molar-refractivity contribution in [1.82, 2.24) is 0 Å². The number of ether oxygens (including phenoxy) is 2. The summed E-state index contributed by atoms with van der Waals surface area (Å²) in [6.45, 7) is 6.16. The van der Waals surface area contributed by atoms with Crippen LogP contribution in [0, 0.1) is 35.5 Å². The topological polar surface area (TPSA) is 38.8 Å². The van der Waals surface area contributed by atoms with Crippen molar-refractivity contribution in [2.24, 2.45) is 35.5 Å². The van der Waals surface area contributed by atoms with Crippen molar-refractivity contribution >= 4 is 5.97 Å². The van der Waals surface area contributed by atoms with Gasteiger partial charge >= 0.3 is 5.97 Å². The molecular weight excluding hydrogens is 240 g/mol. The Morgan fingerprint density at radius 2 is 1.95 bits per heavy atom. The standard InChI is InChI=1S/C16H24O3/c1-7(2)8(3)16(17)19-12-5-9-4-11(12)14-10(9)6-13-15(14)18-13/h7-15H,4-6H2,1-3H3. The lowest BCUT2D eigenvalue weighted by molar-refractivity contribution is -0.159. The molecule has 0 radical (unpaired) electrons. The number of fused-ring (bicyclic) bond motifs is 7. The van der Waals surface area contributed by atoms with Crippen LogP contribution in [0.2, 0.25) is 0 Å². The SMILES string of the molecule is CC(C)C(C)C(=O)OC1CC2CC1C1C2CC2OC21. The molecular formula is C16H24O3. The number of epoxide rings is 1. The Morgan fingerprint density at radius 1 is 1.16 bits per heavy atom. The summed E-state index contributed by atoms with van der Waals surface area (Å²) in [5.41, 5.74) is 0. The van der Waals surface area contributed by atoms with Gasteiger partial charge in [-0.3, -0.25) is 4.79 Å². The highest BCUT2D eigenvalue weighted by Gasteiger charge is 2.67. The third-order valence-electron chi connectivity index (χ3n) is 6.33. The average Bonchev–Trinajstić information content (AvgIpc) is 2.74. The Hall–Kier alpha value is -0.570. The molecule has 3 saturated carbocycles. The van der Waals surface area contributed by atoms with Crippen molar-refractivity contribution < 1.29 is 14.3 Å². The summed E-state index contributed by atoms with van der Waals surface area (Å²) < 4.78 is 11.6. The Morgan fingerprint density at radius 3 is 2.68 bits per heavy atom. The molecule has 4 aliphatic rings.